The molecular formula is C4H6F2O3. The van der Waals surface area contributed by atoms with Crippen molar-refractivity contribution in [2.24, 2.45) is 5.92 Å². The van der Waals surface area contributed by atoms with Crippen LogP contribution in [-0.4, -0.2) is 29.2 Å². The number of halogens is 2. The van der Waals surface area contributed by atoms with Gasteiger partial charge in [-0.05, 0) is 0 Å². The molecule has 1 atom stereocenters. The number of aliphatic hydroxyl groups is 1. The number of hydrogen-bond donors (Lipinski definition) is 2. The monoisotopic (exact) mass is 140 g/mol. The van der Waals surface area contributed by atoms with Crippen LogP contribution in [0.4, 0.5) is 8.78 Å². The molecule has 5 heteroatoms. The summed E-state index contributed by atoms with van der Waals surface area (Å²) in [6.07, 6.45) is -2.99. The Morgan fingerprint density at radius 1 is 1.56 bits per heavy atom. The molecule has 0 spiro atoms. The van der Waals surface area contributed by atoms with Gasteiger partial charge in [-0.1, -0.05) is 0 Å². The zero-order chi connectivity index (χ0) is 7.44. The maximum atomic E-state index is 11.4. The molecule has 1 unspecified atom stereocenters. The van der Waals surface area contributed by atoms with Crippen LogP contribution in [0, 0.1) is 5.92 Å². The van der Waals surface area contributed by atoms with Gasteiger partial charge in [0, 0.05) is 0 Å². The molecule has 3 nitrogen and oxygen atoms in total. The first-order valence-corrected chi connectivity index (χ1v) is 2.21. The topological polar surface area (TPSA) is 57.5 Å². The molecule has 0 aromatic rings. The maximum Gasteiger partial charge on any atom is 0.314 e. The van der Waals surface area contributed by atoms with Gasteiger partial charge in [0.2, 0.25) is 0 Å². The normalized spacial score (nSPS) is 13.8. The Morgan fingerprint density at radius 3 is 2.00 bits per heavy atom. The van der Waals surface area contributed by atoms with Gasteiger partial charge < -0.3 is 10.2 Å². The third-order valence-corrected chi connectivity index (χ3v) is 0.818. The Balaban J connectivity index is 3.83. The predicted molar refractivity (Wildman–Crippen MR) is 24.2 cm³/mol. The van der Waals surface area contributed by atoms with Crippen LogP contribution in [0.3, 0.4) is 0 Å². The standard InChI is InChI=1S/C4H6F2O3/c5-3(6)2(1-7)4(8)9/h2-3,7H,1H2,(H,8,9). The van der Waals surface area contributed by atoms with E-state index in [1.165, 1.54) is 0 Å². The molecule has 0 aliphatic rings. The van der Waals surface area contributed by atoms with Crippen LogP contribution in [0.15, 0.2) is 0 Å². The van der Waals surface area contributed by atoms with E-state index in [4.69, 9.17) is 10.2 Å². The lowest BCUT2D eigenvalue weighted by molar-refractivity contribution is -0.149. The Kier molecular flexibility index (Phi) is 3.08. The first kappa shape index (κ1) is 8.29. The van der Waals surface area contributed by atoms with E-state index in [-0.39, 0.29) is 0 Å². The summed E-state index contributed by atoms with van der Waals surface area (Å²) in [5.41, 5.74) is 0. The van der Waals surface area contributed by atoms with Crippen LogP contribution in [0.2, 0.25) is 0 Å². The molecule has 0 aromatic heterocycles. The highest BCUT2D eigenvalue weighted by Crippen LogP contribution is 2.07. The van der Waals surface area contributed by atoms with Crippen molar-refractivity contribution in [1.82, 2.24) is 0 Å². The number of rotatable bonds is 3. The van der Waals surface area contributed by atoms with Crippen molar-refractivity contribution in [2.45, 2.75) is 6.43 Å². The second kappa shape index (κ2) is 3.34. The second-order valence-corrected chi connectivity index (χ2v) is 1.46. The van der Waals surface area contributed by atoms with Crippen molar-refractivity contribution in [3.05, 3.63) is 0 Å². The number of alkyl halides is 2. The van der Waals surface area contributed by atoms with Crippen LogP contribution in [-0.2, 0) is 4.79 Å². The number of hydrogen-bond acceptors (Lipinski definition) is 2. The first-order valence-electron chi connectivity index (χ1n) is 2.21. The molecule has 0 aromatic carbocycles. The van der Waals surface area contributed by atoms with Gasteiger partial charge in [-0.25, -0.2) is 8.78 Å². The molecular weight excluding hydrogens is 134 g/mol. The van der Waals surface area contributed by atoms with Crippen LogP contribution < -0.4 is 0 Å². The summed E-state index contributed by atoms with van der Waals surface area (Å²) in [7, 11) is 0. The van der Waals surface area contributed by atoms with Crippen LogP contribution in [0.1, 0.15) is 0 Å². The smallest absolute Gasteiger partial charge is 0.314 e. The lowest BCUT2D eigenvalue weighted by Gasteiger charge is -2.04. The van der Waals surface area contributed by atoms with Crippen molar-refractivity contribution in [3.8, 4) is 0 Å². The molecule has 0 bridgehead atoms. The van der Waals surface area contributed by atoms with Crippen molar-refractivity contribution in [3.63, 3.8) is 0 Å². The third kappa shape index (κ3) is 2.36. The fraction of sp³-hybridized carbons (Fsp3) is 0.750. The molecule has 0 aliphatic carbocycles. The molecule has 0 heterocycles. The molecule has 0 rings (SSSR count). The van der Waals surface area contributed by atoms with E-state index in [9.17, 15) is 13.6 Å². The minimum absolute atomic E-state index is 1.02. The number of carboxylic acids is 1. The maximum absolute atomic E-state index is 11.4. The lowest BCUT2D eigenvalue weighted by atomic mass is 10.2. The van der Waals surface area contributed by atoms with Crippen molar-refractivity contribution < 1.29 is 23.8 Å². The summed E-state index contributed by atoms with van der Waals surface area (Å²) in [5.74, 6) is -3.61. The van der Waals surface area contributed by atoms with E-state index in [0.29, 0.717) is 0 Å². The van der Waals surface area contributed by atoms with E-state index < -0.39 is 24.9 Å². The van der Waals surface area contributed by atoms with E-state index in [0.717, 1.165) is 0 Å². The largest absolute Gasteiger partial charge is 0.481 e. The Labute approximate surface area is 49.9 Å². The van der Waals surface area contributed by atoms with Gasteiger partial charge in [-0.15, -0.1) is 0 Å². The fourth-order valence-electron chi connectivity index (χ4n) is 0.266. The molecule has 54 valence electrons. The van der Waals surface area contributed by atoms with E-state index in [1.54, 1.807) is 0 Å². The fourth-order valence-corrected chi connectivity index (χ4v) is 0.266. The van der Waals surface area contributed by atoms with Gasteiger partial charge >= 0.3 is 5.97 Å². The SMILES string of the molecule is O=C(O)C(CO)C(F)F. The minimum atomic E-state index is -2.99. The second-order valence-electron chi connectivity index (χ2n) is 1.46. The summed E-state index contributed by atoms with van der Waals surface area (Å²) in [5, 5.41) is 15.9. The van der Waals surface area contributed by atoms with Crippen molar-refractivity contribution in [1.29, 1.82) is 0 Å². The van der Waals surface area contributed by atoms with Crippen LogP contribution in [0.5, 0.6) is 0 Å². The highest BCUT2D eigenvalue weighted by Gasteiger charge is 2.26. The third-order valence-electron chi connectivity index (χ3n) is 0.818. The molecule has 0 fully saturated rings. The number of carbonyl (C=O) groups is 1. The van der Waals surface area contributed by atoms with Gasteiger partial charge in [0.25, 0.3) is 6.43 Å². The summed E-state index contributed by atoms with van der Waals surface area (Å²) in [6.45, 7) is -1.02. The van der Waals surface area contributed by atoms with Crippen LogP contribution >= 0.6 is 0 Å². The Morgan fingerprint density at radius 2 is 2.00 bits per heavy atom. The highest BCUT2D eigenvalue weighted by atomic mass is 19.3. The summed E-state index contributed by atoms with van der Waals surface area (Å²) >= 11 is 0. The highest BCUT2D eigenvalue weighted by molar-refractivity contribution is 5.70. The minimum Gasteiger partial charge on any atom is -0.481 e. The van der Waals surface area contributed by atoms with Crippen LogP contribution in [0.25, 0.3) is 0 Å². The average molecular weight is 140 g/mol. The average Bonchev–Trinajstić information content (AvgIpc) is 1.64. The van der Waals surface area contributed by atoms with Crippen molar-refractivity contribution in [2.75, 3.05) is 6.61 Å². The lowest BCUT2D eigenvalue weighted by Crippen LogP contribution is -2.25. The van der Waals surface area contributed by atoms with Gasteiger partial charge in [-0.2, -0.15) is 0 Å². The zero-order valence-electron chi connectivity index (χ0n) is 4.42. The predicted octanol–water partition coefficient (Wildman–Crippen LogP) is -0.0554. The van der Waals surface area contributed by atoms with E-state index in [1.807, 2.05) is 0 Å². The number of carboxylic acid groups (broad SMARTS) is 1. The number of aliphatic hydroxyl groups excluding tert-OH is 1. The molecule has 0 saturated heterocycles. The Hall–Kier alpha value is -0.710. The summed E-state index contributed by atoms with van der Waals surface area (Å²) in [4.78, 5) is 9.73. The van der Waals surface area contributed by atoms with E-state index in [2.05, 4.69) is 0 Å². The summed E-state index contributed by atoms with van der Waals surface area (Å²) in [6, 6.07) is 0. The van der Waals surface area contributed by atoms with Crippen molar-refractivity contribution >= 4 is 5.97 Å². The Bertz CT molecular complexity index is 104. The molecule has 0 amide bonds. The van der Waals surface area contributed by atoms with Gasteiger partial charge in [0.05, 0.1) is 6.61 Å². The molecule has 9 heavy (non-hydrogen) atoms. The molecule has 0 aliphatic heterocycles. The first-order chi connectivity index (χ1) is 4.09. The summed E-state index contributed by atoms with van der Waals surface area (Å²) < 4.78 is 22.8. The quantitative estimate of drug-likeness (QED) is 0.577. The van der Waals surface area contributed by atoms with Gasteiger partial charge in [0.1, 0.15) is 5.92 Å². The molecule has 0 saturated carbocycles. The molecule has 2 N–H and O–H groups in total. The van der Waals surface area contributed by atoms with Gasteiger partial charge in [0.15, 0.2) is 0 Å². The van der Waals surface area contributed by atoms with E-state index >= 15 is 0 Å². The number of aliphatic carboxylic acids is 1. The van der Waals surface area contributed by atoms with Gasteiger partial charge in [-0.3, -0.25) is 4.79 Å². The zero-order valence-corrected chi connectivity index (χ0v) is 4.42. The molecule has 0 radical (unpaired) electrons.